The van der Waals surface area contributed by atoms with Gasteiger partial charge in [0.1, 0.15) is 0 Å². The summed E-state index contributed by atoms with van der Waals surface area (Å²) in [6.07, 6.45) is 0.129. The van der Waals surface area contributed by atoms with Crippen LogP contribution < -0.4 is 22.1 Å². The van der Waals surface area contributed by atoms with Gasteiger partial charge in [-0.3, -0.25) is 14.9 Å². The third kappa shape index (κ3) is 7.04. The molecule has 0 aliphatic carbocycles. The molecule has 0 fully saturated rings. The summed E-state index contributed by atoms with van der Waals surface area (Å²) in [6, 6.07) is -1.12. The molecule has 1 atom stereocenters. The lowest BCUT2D eigenvalue weighted by Gasteiger charge is -2.10. The van der Waals surface area contributed by atoms with Gasteiger partial charge in [-0.1, -0.05) is 0 Å². The average Bonchev–Trinajstić information content (AvgIpc) is 1.98. The highest BCUT2D eigenvalue weighted by atomic mass is 16.2. The lowest BCUT2D eigenvalue weighted by molar-refractivity contribution is -0.120. The Bertz CT molecular complexity index is 241. The number of nitrogens with two attached hydrogens (primary N) is 2. The second-order valence-electron chi connectivity index (χ2n) is 2.86. The molecule has 0 saturated heterocycles. The number of hydrogen-bond donors (Lipinski definition) is 4. The van der Waals surface area contributed by atoms with Gasteiger partial charge in [0, 0.05) is 12.5 Å². The van der Waals surface area contributed by atoms with Crippen LogP contribution in [0.3, 0.4) is 0 Å². The molecule has 6 N–H and O–H groups in total. The summed E-state index contributed by atoms with van der Waals surface area (Å²) in [5, 5.41) is 4.57. The van der Waals surface area contributed by atoms with Crippen LogP contribution in [0.5, 0.6) is 0 Å². The van der Waals surface area contributed by atoms with E-state index in [0.717, 1.165) is 0 Å². The van der Waals surface area contributed by atoms with E-state index >= 15 is 0 Å². The first-order valence-corrected chi connectivity index (χ1v) is 4.02. The van der Waals surface area contributed by atoms with Gasteiger partial charge in [0.15, 0.2) is 0 Å². The first-order valence-electron chi connectivity index (χ1n) is 4.02. The summed E-state index contributed by atoms with van der Waals surface area (Å²) < 4.78 is 0. The molecule has 7 nitrogen and oxygen atoms in total. The number of carbonyl (C=O) groups excluding carboxylic acids is 3. The lowest BCUT2D eigenvalue weighted by Crippen LogP contribution is -2.43. The van der Waals surface area contributed by atoms with E-state index in [1.165, 1.54) is 0 Å². The van der Waals surface area contributed by atoms with Crippen molar-refractivity contribution in [3.8, 4) is 0 Å². The largest absolute Gasteiger partial charge is 0.370 e. The minimum absolute atomic E-state index is 0.0859. The zero-order chi connectivity index (χ0) is 11.1. The van der Waals surface area contributed by atoms with E-state index < -0.39 is 17.8 Å². The van der Waals surface area contributed by atoms with Gasteiger partial charge in [-0.2, -0.15) is 0 Å². The van der Waals surface area contributed by atoms with Crippen molar-refractivity contribution in [3.05, 3.63) is 0 Å². The SMILES string of the molecule is CC(CC(N)=O)NCC(=O)NC(N)=O. The molecule has 0 rings (SSSR count). The predicted octanol–water partition coefficient (Wildman–Crippen LogP) is -1.97. The lowest BCUT2D eigenvalue weighted by atomic mass is 10.2. The van der Waals surface area contributed by atoms with Crippen molar-refractivity contribution < 1.29 is 14.4 Å². The standard InChI is InChI=1S/C7H14N4O3/c1-4(2-5(8)12)10-3-6(13)11-7(9)14/h4,10H,2-3H2,1H3,(H2,8,12)(H3,9,11,13,14). The van der Waals surface area contributed by atoms with Crippen molar-refractivity contribution >= 4 is 17.8 Å². The molecule has 4 amide bonds. The summed E-state index contributed by atoms with van der Waals surface area (Å²) in [5.74, 6) is -1.01. The second-order valence-corrected chi connectivity index (χ2v) is 2.86. The minimum atomic E-state index is -0.903. The number of nitrogens with one attached hydrogen (secondary N) is 2. The maximum absolute atomic E-state index is 10.9. The van der Waals surface area contributed by atoms with Crippen molar-refractivity contribution in [2.45, 2.75) is 19.4 Å². The Morgan fingerprint density at radius 3 is 2.29 bits per heavy atom. The molecule has 0 heterocycles. The highest BCUT2D eigenvalue weighted by molar-refractivity contribution is 5.94. The minimum Gasteiger partial charge on any atom is -0.370 e. The van der Waals surface area contributed by atoms with E-state index in [9.17, 15) is 14.4 Å². The Hall–Kier alpha value is -1.63. The van der Waals surface area contributed by atoms with E-state index in [-0.39, 0.29) is 19.0 Å². The highest BCUT2D eigenvalue weighted by Crippen LogP contribution is 1.87. The van der Waals surface area contributed by atoms with Crippen LogP contribution in [0.1, 0.15) is 13.3 Å². The Morgan fingerprint density at radius 1 is 1.29 bits per heavy atom. The summed E-state index contributed by atoms with van der Waals surface area (Å²) in [5.41, 5.74) is 9.63. The van der Waals surface area contributed by atoms with Crippen LogP contribution in [0.4, 0.5) is 4.79 Å². The molecule has 0 aromatic rings. The fourth-order valence-electron chi connectivity index (χ4n) is 0.822. The van der Waals surface area contributed by atoms with Gasteiger partial charge in [0.05, 0.1) is 6.54 Å². The number of imide groups is 1. The number of amides is 4. The molecule has 80 valence electrons. The zero-order valence-electron chi connectivity index (χ0n) is 7.87. The average molecular weight is 202 g/mol. The number of urea groups is 1. The van der Waals surface area contributed by atoms with Crippen LogP contribution >= 0.6 is 0 Å². The van der Waals surface area contributed by atoms with Crippen LogP contribution in [0.25, 0.3) is 0 Å². The molecule has 0 aliphatic heterocycles. The van der Waals surface area contributed by atoms with Gasteiger partial charge >= 0.3 is 6.03 Å². The summed E-state index contributed by atoms with van der Waals surface area (Å²) in [6.45, 7) is 1.61. The van der Waals surface area contributed by atoms with Crippen LogP contribution in [-0.4, -0.2) is 30.4 Å². The van der Waals surface area contributed by atoms with Gasteiger partial charge in [-0.15, -0.1) is 0 Å². The van der Waals surface area contributed by atoms with E-state index in [1.807, 2.05) is 5.32 Å². The van der Waals surface area contributed by atoms with Crippen LogP contribution in [0.15, 0.2) is 0 Å². The van der Waals surface area contributed by atoms with Gasteiger partial charge < -0.3 is 16.8 Å². The molecule has 0 bridgehead atoms. The van der Waals surface area contributed by atoms with Crippen LogP contribution in [0.2, 0.25) is 0 Å². The summed E-state index contributed by atoms with van der Waals surface area (Å²) in [7, 11) is 0. The highest BCUT2D eigenvalue weighted by Gasteiger charge is 2.08. The second kappa shape index (κ2) is 5.92. The fraction of sp³-hybridized carbons (Fsp3) is 0.571. The zero-order valence-corrected chi connectivity index (χ0v) is 7.87. The molecule has 1 unspecified atom stereocenters. The molecule has 0 aliphatic rings. The number of rotatable bonds is 5. The Balaban J connectivity index is 3.66. The smallest absolute Gasteiger partial charge is 0.318 e. The van der Waals surface area contributed by atoms with Crippen LogP contribution in [-0.2, 0) is 9.59 Å². The summed E-state index contributed by atoms with van der Waals surface area (Å²) >= 11 is 0. The summed E-state index contributed by atoms with van der Waals surface area (Å²) in [4.78, 5) is 31.5. The number of primary amides is 2. The molecule has 0 spiro atoms. The number of carbonyl (C=O) groups is 3. The van der Waals surface area contributed by atoms with E-state index in [0.29, 0.717) is 0 Å². The van der Waals surface area contributed by atoms with Crippen molar-refractivity contribution in [1.29, 1.82) is 0 Å². The first-order chi connectivity index (χ1) is 6.41. The third-order valence-electron chi connectivity index (χ3n) is 1.38. The van der Waals surface area contributed by atoms with Crippen molar-refractivity contribution in [2.75, 3.05) is 6.54 Å². The molecule has 7 heteroatoms. The topological polar surface area (TPSA) is 127 Å². The van der Waals surface area contributed by atoms with Crippen LogP contribution in [0, 0.1) is 0 Å². The van der Waals surface area contributed by atoms with Crippen molar-refractivity contribution in [3.63, 3.8) is 0 Å². The molecule has 0 aromatic carbocycles. The fourth-order valence-corrected chi connectivity index (χ4v) is 0.822. The Kier molecular flexibility index (Phi) is 5.23. The van der Waals surface area contributed by atoms with E-state index in [4.69, 9.17) is 11.5 Å². The predicted molar refractivity (Wildman–Crippen MR) is 49.0 cm³/mol. The van der Waals surface area contributed by atoms with Crippen molar-refractivity contribution in [1.82, 2.24) is 10.6 Å². The molecular weight excluding hydrogens is 188 g/mol. The first kappa shape index (κ1) is 12.4. The normalized spacial score (nSPS) is 11.8. The van der Waals surface area contributed by atoms with Crippen molar-refractivity contribution in [2.24, 2.45) is 11.5 Å². The maximum Gasteiger partial charge on any atom is 0.318 e. The monoisotopic (exact) mass is 202 g/mol. The van der Waals surface area contributed by atoms with E-state index in [1.54, 1.807) is 6.92 Å². The quantitative estimate of drug-likeness (QED) is 0.412. The molecule has 0 aromatic heterocycles. The Morgan fingerprint density at radius 2 is 1.86 bits per heavy atom. The molecular formula is C7H14N4O3. The Labute approximate surface area is 81.2 Å². The molecule has 14 heavy (non-hydrogen) atoms. The van der Waals surface area contributed by atoms with Gasteiger partial charge in [-0.05, 0) is 6.92 Å². The third-order valence-corrected chi connectivity index (χ3v) is 1.38. The molecule has 0 saturated carbocycles. The van der Waals surface area contributed by atoms with Gasteiger partial charge in [-0.25, -0.2) is 4.79 Å². The van der Waals surface area contributed by atoms with Gasteiger partial charge in [0.2, 0.25) is 11.8 Å². The maximum atomic E-state index is 10.9. The van der Waals surface area contributed by atoms with Gasteiger partial charge in [0.25, 0.3) is 0 Å². The van der Waals surface area contributed by atoms with E-state index in [2.05, 4.69) is 5.32 Å². The molecule has 0 radical (unpaired) electrons. The number of hydrogen-bond acceptors (Lipinski definition) is 4.